The van der Waals surface area contributed by atoms with Crippen LogP contribution in [-0.4, -0.2) is 36.3 Å². The fourth-order valence-corrected chi connectivity index (χ4v) is 2.56. The lowest BCUT2D eigenvalue weighted by Crippen LogP contribution is -2.44. The molecular weight excluding hydrogens is 244 g/mol. The van der Waals surface area contributed by atoms with Gasteiger partial charge in [-0.2, -0.15) is 5.26 Å². The number of para-hydroxylation sites is 1. The van der Waals surface area contributed by atoms with Crippen LogP contribution in [0.3, 0.4) is 0 Å². The molecule has 1 aromatic rings. The molecule has 0 unspecified atom stereocenters. The van der Waals surface area contributed by atoms with Crippen molar-refractivity contribution < 1.29 is 14.6 Å². The van der Waals surface area contributed by atoms with Gasteiger partial charge in [0.05, 0.1) is 18.6 Å². The lowest BCUT2D eigenvalue weighted by Gasteiger charge is -2.36. The lowest BCUT2D eigenvalue weighted by molar-refractivity contribution is 0.124. The summed E-state index contributed by atoms with van der Waals surface area (Å²) in [6.07, 6.45) is 0.0679. The molecule has 1 N–H and O–H groups in total. The van der Waals surface area contributed by atoms with E-state index in [1.807, 2.05) is 24.3 Å². The molecule has 19 heavy (non-hydrogen) atoms. The highest BCUT2D eigenvalue weighted by Gasteiger charge is 2.39. The van der Waals surface area contributed by atoms with Crippen LogP contribution >= 0.6 is 0 Å². The molecule has 1 fully saturated rings. The van der Waals surface area contributed by atoms with E-state index in [1.165, 1.54) is 4.90 Å². The number of amides is 1. The van der Waals surface area contributed by atoms with Crippen molar-refractivity contribution in [2.75, 3.05) is 20.2 Å². The van der Waals surface area contributed by atoms with E-state index in [2.05, 4.69) is 6.07 Å². The Labute approximate surface area is 112 Å². The maximum atomic E-state index is 10.9. The highest BCUT2D eigenvalue weighted by atomic mass is 16.5. The molecule has 1 aromatic carbocycles. The normalized spacial score (nSPS) is 17.6. The molecule has 0 aliphatic carbocycles. The number of methoxy groups -OCH3 is 1. The van der Waals surface area contributed by atoms with E-state index < -0.39 is 11.5 Å². The van der Waals surface area contributed by atoms with Crippen molar-refractivity contribution in [1.29, 1.82) is 5.26 Å². The summed E-state index contributed by atoms with van der Waals surface area (Å²) in [6, 6.07) is 9.82. The van der Waals surface area contributed by atoms with Gasteiger partial charge in [0.1, 0.15) is 5.75 Å². The van der Waals surface area contributed by atoms with Gasteiger partial charge in [-0.05, 0) is 18.9 Å². The van der Waals surface area contributed by atoms with Crippen molar-refractivity contribution in [3.63, 3.8) is 0 Å². The Bertz CT molecular complexity index is 514. The summed E-state index contributed by atoms with van der Waals surface area (Å²) in [6.45, 7) is 0.752. The standard InChI is InChI=1S/C14H16N2O3/c1-19-12-5-3-2-4-11(12)14(10-15)6-8-16(9-7-14)13(17)18/h2-5H,6-9H2,1H3,(H,17,18). The monoisotopic (exact) mass is 260 g/mol. The average molecular weight is 260 g/mol. The molecule has 5 nitrogen and oxygen atoms in total. The number of piperidine rings is 1. The third kappa shape index (κ3) is 2.34. The minimum Gasteiger partial charge on any atom is -0.496 e. The Kier molecular flexibility index (Phi) is 3.61. The maximum Gasteiger partial charge on any atom is 0.407 e. The molecule has 100 valence electrons. The summed E-state index contributed by atoms with van der Waals surface area (Å²) in [5.74, 6) is 0.688. The number of ether oxygens (including phenoxy) is 1. The first-order valence-corrected chi connectivity index (χ1v) is 6.15. The molecule has 1 heterocycles. The van der Waals surface area contributed by atoms with Gasteiger partial charge in [0.2, 0.25) is 0 Å². The smallest absolute Gasteiger partial charge is 0.407 e. The van der Waals surface area contributed by atoms with Crippen molar-refractivity contribution in [2.24, 2.45) is 0 Å². The first kappa shape index (κ1) is 13.2. The van der Waals surface area contributed by atoms with E-state index in [9.17, 15) is 10.1 Å². The lowest BCUT2D eigenvalue weighted by atomic mass is 9.73. The zero-order chi connectivity index (χ0) is 13.9. The van der Waals surface area contributed by atoms with Crippen LogP contribution in [-0.2, 0) is 5.41 Å². The van der Waals surface area contributed by atoms with Crippen molar-refractivity contribution >= 4 is 6.09 Å². The summed E-state index contributed by atoms with van der Waals surface area (Å²) in [5.41, 5.74) is 0.198. The first-order chi connectivity index (χ1) is 9.13. The number of benzene rings is 1. The SMILES string of the molecule is COc1ccccc1C1(C#N)CCN(C(=O)O)CC1. The second-order valence-corrected chi connectivity index (χ2v) is 4.66. The number of hydrogen-bond donors (Lipinski definition) is 1. The van der Waals surface area contributed by atoms with E-state index in [-0.39, 0.29) is 0 Å². The van der Waals surface area contributed by atoms with Crippen LogP contribution in [0.4, 0.5) is 4.79 Å². The second kappa shape index (κ2) is 5.19. The molecule has 0 aromatic heterocycles. The first-order valence-electron chi connectivity index (χ1n) is 6.15. The Hall–Kier alpha value is -2.22. The van der Waals surface area contributed by atoms with Crippen LogP contribution in [0.15, 0.2) is 24.3 Å². The van der Waals surface area contributed by atoms with Crippen LogP contribution in [0.5, 0.6) is 5.75 Å². The van der Waals surface area contributed by atoms with Crippen LogP contribution in [0.25, 0.3) is 0 Å². The van der Waals surface area contributed by atoms with Crippen molar-refractivity contribution in [2.45, 2.75) is 18.3 Å². The Morgan fingerprint density at radius 3 is 2.58 bits per heavy atom. The van der Waals surface area contributed by atoms with Gasteiger partial charge in [0.25, 0.3) is 0 Å². The number of rotatable bonds is 2. The van der Waals surface area contributed by atoms with Crippen LogP contribution < -0.4 is 4.74 Å². The third-order valence-electron chi connectivity index (χ3n) is 3.72. The molecule has 0 saturated carbocycles. The van der Waals surface area contributed by atoms with Crippen molar-refractivity contribution in [3.05, 3.63) is 29.8 Å². The van der Waals surface area contributed by atoms with E-state index in [0.717, 1.165) is 5.56 Å². The minimum atomic E-state index is -0.924. The Balaban J connectivity index is 2.31. The maximum absolute atomic E-state index is 10.9. The molecule has 1 amide bonds. The Morgan fingerprint density at radius 1 is 1.42 bits per heavy atom. The largest absolute Gasteiger partial charge is 0.496 e. The van der Waals surface area contributed by atoms with Crippen molar-refractivity contribution in [1.82, 2.24) is 4.90 Å². The molecular formula is C14H16N2O3. The molecule has 5 heteroatoms. The summed E-state index contributed by atoms with van der Waals surface area (Å²) < 4.78 is 5.32. The number of nitrogens with zero attached hydrogens (tertiary/aromatic N) is 2. The summed E-state index contributed by atoms with van der Waals surface area (Å²) in [7, 11) is 1.58. The van der Waals surface area contributed by atoms with Gasteiger partial charge in [-0.15, -0.1) is 0 Å². The van der Waals surface area contributed by atoms with Gasteiger partial charge in [-0.25, -0.2) is 4.79 Å². The number of likely N-dealkylation sites (tertiary alicyclic amines) is 1. The van der Waals surface area contributed by atoms with Gasteiger partial charge in [0, 0.05) is 18.7 Å². The molecule has 2 rings (SSSR count). The molecule has 1 aliphatic rings. The van der Waals surface area contributed by atoms with Crippen LogP contribution in [0.2, 0.25) is 0 Å². The number of carboxylic acid groups (broad SMARTS) is 1. The summed E-state index contributed by atoms with van der Waals surface area (Å²) in [4.78, 5) is 12.3. The second-order valence-electron chi connectivity index (χ2n) is 4.66. The molecule has 0 radical (unpaired) electrons. The average Bonchev–Trinajstić information content (AvgIpc) is 2.47. The van der Waals surface area contributed by atoms with Gasteiger partial charge in [-0.3, -0.25) is 0 Å². The Morgan fingerprint density at radius 2 is 2.05 bits per heavy atom. The summed E-state index contributed by atoms with van der Waals surface area (Å²) >= 11 is 0. The predicted octanol–water partition coefficient (Wildman–Crippen LogP) is 2.23. The van der Waals surface area contributed by atoms with Crippen LogP contribution in [0.1, 0.15) is 18.4 Å². The van der Waals surface area contributed by atoms with Gasteiger partial charge >= 0.3 is 6.09 Å². The number of carbonyl (C=O) groups is 1. The van der Waals surface area contributed by atoms with Crippen molar-refractivity contribution in [3.8, 4) is 11.8 Å². The zero-order valence-electron chi connectivity index (χ0n) is 10.8. The molecule has 0 bridgehead atoms. The highest BCUT2D eigenvalue weighted by molar-refractivity contribution is 5.65. The number of hydrogen-bond acceptors (Lipinski definition) is 3. The van der Waals surface area contributed by atoms with E-state index in [4.69, 9.17) is 9.84 Å². The predicted molar refractivity (Wildman–Crippen MR) is 69.1 cm³/mol. The van der Waals surface area contributed by atoms with E-state index in [1.54, 1.807) is 7.11 Å². The molecule has 1 saturated heterocycles. The van der Waals surface area contributed by atoms with Gasteiger partial charge in [-0.1, -0.05) is 18.2 Å². The third-order valence-corrected chi connectivity index (χ3v) is 3.72. The molecule has 0 atom stereocenters. The summed E-state index contributed by atoms with van der Waals surface area (Å²) in [5, 5.41) is 18.5. The molecule has 0 spiro atoms. The topological polar surface area (TPSA) is 73.6 Å². The van der Waals surface area contributed by atoms with E-state index in [0.29, 0.717) is 31.7 Å². The minimum absolute atomic E-state index is 0.376. The zero-order valence-corrected chi connectivity index (χ0v) is 10.8. The van der Waals surface area contributed by atoms with Gasteiger partial charge in [0.15, 0.2) is 0 Å². The highest BCUT2D eigenvalue weighted by Crippen LogP contribution is 2.39. The fraction of sp³-hybridized carbons (Fsp3) is 0.429. The van der Waals surface area contributed by atoms with E-state index >= 15 is 0 Å². The van der Waals surface area contributed by atoms with Gasteiger partial charge < -0.3 is 14.7 Å². The van der Waals surface area contributed by atoms with Crippen LogP contribution in [0, 0.1) is 11.3 Å². The fourth-order valence-electron chi connectivity index (χ4n) is 2.56. The number of nitriles is 1. The quantitative estimate of drug-likeness (QED) is 0.884. The molecule has 1 aliphatic heterocycles.